The van der Waals surface area contributed by atoms with E-state index in [1.807, 2.05) is 26.2 Å². The number of rotatable bonds is 9. The van der Waals surface area contributed by atoms with Gasteiger partial charge in [0, 0.05) is 51.4 Å². The monoisotopic (exact) mass is 348 g/mol. The number of anilines is 1. The minimum atomic E-state index is 0.163. The Morgan fingerprint density at radius 2 is 1.84 bits per heavy atom. The summed E-state index contributed by atoms with van der Waals surface area (Å²) in [5, 5.41) is 3.01. The van der Waals surface area contributed by atoms with Gasteiger partial charge in [-0.1, -0.05) is 0 Å². The van der Waals surface area contributed by atoms with Crippen LogP contribution >= 0.6 is 0 Å². The van der Waals surface area contributed by atoms with E-state index in [0.717, 1.165) is 58.0 Å². The van der Waals surface area contributed by atoms with Crippen LogP contribution in [0.1, 0.15) is 12.8 Å². The van der Waals surface area contributed by atoms with Gasteiger partial charge in [-0.25, -0.2) is 0 Å². The fourth-order valence-corrected chi connectivity index (χ4v) is 2.99. The van der Waals surface area contributed by atoms with Crippen molar-refractivity contribution >= 4 is 11.6 Å². The molecule has 0 radical (unpaired) electrons. The second kappa shape index (κ2) is 10.3. The molecule has 1 saturated heterocycles. The summed E-state index contributed by atoms with van der Waals surface area (Å²) < 4.78 is 5.21. The number of carbonyl (C=O) groups is 1. The van der Waals surface area contributed by atoms with Gasteiger partial charge in [0.1, 0.15) is 5.75 Å². The van der Waals surface area contributed by atoms with Crippen molar-refractivity contribution in [2.75, 3.05) is 71.9 Å². The number of hydrogen-bond donors (Lipinski definition) is 1. The molecule has 0 bridgehead atoms. The lowest BCUT2D eigenvalue weighted by atomic mass is 10.2. The smallest absolute Gasteiger partial charge is 0.221 e. The molecule has 1 fully saturated rings. The summed E-state index contributed by atoms with van der Waals surface area (Å²) in [5.74, 6) is 1.05. The van der Waals surface area contributed by atoms with E-state index in [9.17, 15) is 4.79 Å². The Balaban J connectivity index is 1.62. The van der Waals surface area contributed by atoms with Gasteiger partial charge in [-0.15, -0.1) is 0 Å². The highest BCUT2D eigenvalue weighted by molar-refractivity contribution is 5.76. The van der Waals surface area contributed by atoms with Gasteiger partial charge in [0.2, 0.25) is 5.91 Å². The van der Waals surface area contributed by atoms with E-state index in [-0.39, 0.29) is 5.91 Å². The van der Waals surface area contributed by atoms with Crippen LogP contribution < -0.4 is 15.0 Å². The summed E-state index contributed by atoms with van der Waals surface area (Å²) in [6.45, 7) is 6.61. The normalized spacial score (nSPS) is 15.4. The Hall–Kier alpha value is -1.79. The van der Waals surface area contributed by atoms with E-state index in [1.54, 1.807) is 7.11 Å². The number of nitrogens with one attached hydrogen (secondary N) is 1. The second-order valence-electron chi connectivity index (χ2n) is 6.78. The average Bonchev–Trinajstić information content (AvgIpc) is 2.64. The number of ether oxygens (including phenoxy) is 1. The molecule has 2 rings (SSSR count). The van der Waals surface area contributed by atoms with Crippen molar-refractivity contribution in [1.29, 1.82) is 0 Å². The van der Waals surface area contributed by atoms with Crippen molar-refractivity contribution < 1.29 is 9.53 Å². The largest absolute Gasteiger partial charge is 0.497 e. The van der Waals surface area contributed by atoms with Crippen LogP contribution in [0.3, 0.4) is 0 Å². The molecule has 1 aromatic carbocycles. The van der Waals surface area contributed by atoms with Crippen molar-refractivity contribution in [3.05, 3.63) is 24.3 Å². The molecular weight excluding hydrogens is 316 g/mol. The number of benzene rings is 1. The number of hydrogen-bond acceptors (Lipinski definition) is 5. The molecule has 140 valence electrons. The first-order chi connectivity index (χ1) is 12.1. The third kappa shape index (κ3) is 6.92. The molecule has 1 aliphatic heterocycles. The maximum absolute atomic E-state index is 11.9. The Labute approximate surface area is 151 Å². The van der Waals surface area contributed by atoms with Crippen LogP contribution in [0.15, 0.2) is 24.3 Å². The molecule has 6 nitrogen and oxygen atoms in total. The van der Waals surface area contributed by atoms with E-state index in [2.05, 4.69) is 32.1 Å². The molecule has 6 heteroatoms. The summed E-state index contributed by atoms with van der Waals surface area (Å²) in [6, 6.07) is 8.22. The number of piperazine rings is 1. The lowest BCUT2D eigenvalue weighted by molar-refractivity contribution is -0.121. The molecule has 1 amide bonds. The minimum absolute atomic E-state index is 0.163. The Bertz CT molecular complexity index is 511. The quantitative estimate of drug-likeness (QED) is 0.681. The van der Waals surface area contributed by atoms with Gasteiger partial charge in [0.15, 0.2) is 0 Å². The highest BCUT2D eigenvalue weighted by Crippen LogP contribution is 2.20. The lowest BCUT2D eigenvalue weighted by Gasteiger charge is -2.36. The molecule has 0 aliphatic carbocycles. The first-order valence-electron chi connectivity index (χ1n) is 9.11. The van der Waals surface area contributed by atoms with E-state index in [4.69, 9.17) is 4.74 Å². The van der Waals surface area contributed by atoms with Crippen molar-refractivity contribution in [3.8, 4) is 5.75 Å². The SMILES string of the molecule is COc1ccc(N2CCN(CCC(=O)NCCCN(C)C)CC2)cc1. The van der Waals surface area contributed by atoms with Crippen molar-refractivity contribution in [2.24, 2.45) is 0 Å². The zero-order chi connectivity index (χ0) is 18.1. The van der Waals surface area contributed by atoms with Crippen molar-refractivity contribution in [2.45, 2.75) is 12.8 Å². The van der Waals surface area contributed by atoms with Crippen LogP contribution in [0.2, 0.25) is 0 Å². The maximum Gasteiger partial charge on any atom is 0.221 e. The minimum Gasteiger partial charge on any atom is -0.497 e. The van der Waals surface area contributed by atoms with E-state index in [0.29, 0.717) is 6.42 Å². The zero-order valence-corrected chi connectivity index (χ0v) is 15.8. The van der Waals surface area contributed by atoms with Crippen LogP contribution in [0, 0.1) is 0 Å². The Morgan fingerprint density at radius 1 is 1.16 bits per heavy atom. The van der Waals surface area contributed by atoms with Gasteiger partial charge in [-0.05, 0) is 51.3 Å². The third-order valence-corrected chi connectivity index (χ3v) is 4.57. The summed E-state index contributed by atoms with van der Waals surface area (Å²) in [4.78, 5) is 18.8. The molecular formula is C19H32N4O2. The zero-order valence-electron chi connectivity index (χ0n) is 15.8. The van der Waals surface area contributed by atoms with Gasteiger partial charge in [0.25, 0.3) is 0 Å². The van der Waals surface area contributed by atoms with Gasteiger partial charge in [-0.2, -0.15) is 0 Å². The molecule has 1 aromatic rings. The first kappa shape index (κ1) is 19.5. The van der Waals surface area contributed by atoms with Crippen LogP contribution in [-0.2, 0) is 4.79 Å². The molecule has 0 unspecified atom stereocenters. The number of amides is 1. The van der Waals surface area contributed by atoms with Gasteiger partial charge in [-0.3, -0.25) is 9.69 Å². The second-order valence-corrected chi connectivity index (χ2v) is 6.78. The predicted octanol–water partition coefficient (Wildman–Crippen LogP) is 1.28. The summed E-state index contributed by atoms with van der Waals surface area (Å²) in [6.07, 6.45) is 1.59. The van der Waals surface area contributed by atoms with Crippen LogP contribution in [0.4, 0.5) is 5.69 Å². The molecule has 0 saturated carbocycles. The van der Waals surface area contributed by atoms with Crippen molar-refractivity contribution in [3.63, 3.8) is 0 Å². The Morgan fingerprint density at radius 3 is 2.44 bits per heavy atom. The molecule has 0 atom stereocenters. The molecule has 25 heavy (non-hydrogen) atoms. The van der Waals surface area contributed by atoms with Crippen LogP contribution in [0.5, 0.6) is 5.75 Å². The fraction of sp³-hybridized carbons (Fsp3) is 0.632. The van der Waals surface area contributed by atoms with E-state index in [1.165, 1.54) is 5.69 Å². The standard InChI is InChI=1S/C19H32N4O2/c1-21(2)11-4-10-20-19(24)9-12-22-13-15-23(16-14-22)17-5-7-18(25-3)8-6-17/h5-8H,4,9-16H2,1-3H3,(H,20,24). The topological polar surface area (TPSA) is 48.1 Å². The predicted molar refractivity (Wildman–Crippen MR) is 102 cm³/mol. The number of methoxy groups -OCH3 is 1. The van der Waals surface area contributed by atoms with Gasteiger partial charge < -0.3 is 19.9 Å². The lowest BCUT2D eigenvalue weighted by Crippen LogP contribution is -2.47. The molecule has 1 aliphatic rings. The molecule has 0 aromatic heterocycles. The highest BCUT2D eigenvalue weighted by atomic mass is 16.5. The maximum atomic E-state index is 11.9. The molecule has 0 spiro atoms. The number of carbonyl (C=O) groups excluding carboxylic acids is 1. The van der Waals surface area contributed by atoms with Gasteiger partial charge >= 0.3 is 0 Å². The third-order valence-electron chi connectivity index (χ3n) is 4.57. The van der Waals surface area contributed by atoms with E-state index >= 15 is 0 Å². The van der Waals surface area contributed by atoms with Gasteiger partial charge in [0.05, 0.1) is 7.11 Å². The van der Waals surface area contributed by atoms with E-state index < -0.39 is 0 Å². The summed E-state index contributed by atoms with van der Waals surface area (Å²) in [7, 11) is 5.78. The number of nitrogens with zero attached hydrogens (tertiary/aromatic N) is 3. The Kier molecular flexibility index (Phi) is 8.01. The van der Waals surface area contributed by atoms with Crippen LogP contribution in [-0.4, -0.2) is 82.7 Å². The highest BCUT2D eigenvalue weighted by Gasteiger charge is 2.17. The molecule has 1 N–H and O–H groups in total. The first-order valence-corrected chi connectivity index (χ1v) is 9.11. The van der Waals surface area contributed by atoms with Crippen LogP contribution in [0.25, 0.3) is 0 Å². The summed E-state index contributed by atoms with van der Waals surface area (Å²) in [5.41, 5.74) is 1.24. The summed E-state index contributed by atoms with van der Waals surface area (Å²) >= 11 is 0. The van der Waals surface area contributed by atoms with Crippen molar-refractivity contribution in [1.82, 2.24) is 15.1 Å². The average molecular weight is 348 g/mol. The fourth-order valence-electron chi connectivity index (χ4n) is 2.99. The molecule has 1 heterocycles.